The molecule has 0 spiro atoms. The Labute approximate surface area is 130 Å². The summed E-state index contributed by atoms with van der Waals surface area (Å²) in [5.74, 6) is 2.05. The summed E-state index contributed by atoms with van der Waals surface area (Å²) in [4.78, 5) is 0. The molecule has 2 N–H and O–H groups in total. The van der Waals surface area contributed by atoms with Crippen LogP contribution in [0, 0.1) is 5.92 Å². The average Bonchev–Trinajstić information content (AvgIpc) is 3.05. The molecule has 0 bridgehead atoms. The minimum atomic E-state index is 0.201. The number of phenolic OH excluding ortho intramolecular Hbond substituents is 1. The van der Waals surface area contributed by atoms with Gasteiger partial charge in [-0.05, 0) is 41.7 Å². The predicted molar refractivity (Wildman–Crippen MR) is 87.5 cm³/mol. The van der Waals surface area contributed by atoms with Crippen LogP contribution in [-0.2, 0) is 0 Å². The highest BCUT2D eigenvalue weighted by Crippen LogP contribution is 2.51. The van der Waals surface area contributed by atoms with E-state index in [0.717, 1.165) is 17.9 Å². The van der Waals surface area contributed by atoms with Gasteiger partial charge in [-0.3, -0.25) is 0 Å². The van der Waals surface area contributed by atoms with Gasteiger partial charge in [0.25, 0.3) is 0 Å². The Morgan fingerprint density at radius 3 is 2.73 bits per heavy atom. The molecular weight excluding hydrogens is 274 g/mol. The van der Waals surface area contributed by atoms with Crippen molar-refractivity contribution in [2.45, 2.75) is 18.4 Å². The van der Waals surface area contributed by atoms with Gasteiger partial charge in [0, 0.05) is 5.92 Å². The zero-order valence-corrected chi connectivity index (χ0v) is 12.5. The van der Waals surface area contributed by atoms with Crippen molar-refractivity contribution < 1.29 is 9.84 Å². The van der Waals surface area contributed by atoms with E-state index >= 15 is 0 Å². The Kier molecular flexibility index (Phi) is 3.07. The minimum absolute atomic E-state index is 0.201. The number of anilines is 1. The monoisotopic (exact) mass is 293 g/mol. The fourth-order valence-corrected chi connectivity index (χ4v) is 3.75. The van der Waals surface area contributed by atoms with Crippen LogP contribution in [0.4, 0.5) is 5.69 Å². The second-order valence-corrected chi connectivity index (χ2v) is 5.99. The molecule has 4 rings (SSSR count). The standard InChI is InChI=1S/C19H19NO2/c1-22-13-10-8-12(9-11-13)18-15-5-2-4-14(15)16-6-3-7-17(21)19(16)20-18/h2-4,6-11,14-15,18,20-21H,5H2,1H3/t14-,15+,18+/m0/s1. The maximum Gasteiger partial charge on any atom is 0.138 e. The van der Waals surface area contributed by atoms with E-state index in [-0.39, 0.29) is 6.04 Å². The first kappa shape index (κ1) is 13.3. The highest BCUT2D eigenvalue weighted by molar-refractivity contribution is 5.67. The van der Waals surface area contributed by atoms with Crippen molar-refractivity contribution in [2.75, 3.05) is 12.4 Å². The van der Waals surface area contributed by atoms with Gasteiger partial charge in [-0.1, -0.05) is 36.4 Å². The predicted octanol–water partition coefficient (Wildman–Crippen LogP) is 4.23. The minimum Gasteiger partial charge on any atom is -0.506 e. The molecule has 3 heteroatoms. The van der Waals surface area contributed by atoms with Crippen LogP contribution in [0.3, 0.4) is 0 Å². The van der Waals surface area contributed by atoms with Crippen LogP contribution in [0.25, 0.3) is 0 Å². The maximum absolute atomic E-state index is 10.2. The van der Waals surface area contributed by atoms with Gasteiger partial charge in [0.2, 0.25) is 0 Å². The molecule has 0 saturated carbocycles. The molecule has 0 radical (unpaired) electrons. The highest BCUT2D eigenvalue weighted by Gasteiger charge is 2.38. The van der Waals surface area contributed by atoms with Gasteiger partial charge >= 0.3 is 0 Å². The molecule has 1 aliphatic heterocycles. The third-order valence-corrected chi connectivity index (χ3v) is 4.85. The molecule has 3 atom stereocenters. The number of phenols is 1. The smallest absolute Gasteiger partial charge is 0.138 e. The van der Waals surface area contributed by atoms with Crippen molar-refractivity contribution in [2.24, 2.45) is 5.92 Å². The van der Waals surface area contributed by atoms with E-state index in [1.165, 1.54) is 11.1 Å². The molecule has 0 aromatic heterocycles. The van der Waals surface area contributed by atoms with Gasteiger partial charge in [-0.25, -0.2) is 0 Å². The first-order chi connectivity index (χ1) is 10.8. The number of hydrogen-bond acceptors (Lipinski definition) is 3. The third kappa shape index (κ3) is 1.97. The van der Waals surface area contributed by atoms with E-state index in [1.54, 1.807) is 13.2 Å². The summed E-state index contributed by atoms with van der Waals surface area (Å²) in [5.41, 5.74) is 3.30. The van der Waals surface area contributed by atoms with Gasteiger partial charge in [0.15, 0.2) is 0 Å². The number of hydrogen-bond donors (Lipinski definition) is 2. The Morgan fingerprint density at radius 2 is 1.95 bits per heavy atom. The van der Waals surface area contributed by atoms with Gasteiger partial charge in [-0.2, -0.15) is 0 Å². The van der Waals surface area contributed by atoms with Crippen molar-refractivity contribution in [3.05, 3.63) is 65.7 Å². The average molecular weight is 293 g/mol. The van der Waals surface area contributed by atoms with Crippen LogP contribution in [-0.4, -0.2) is 12.2 Å². The van der Waals surface area contributed by atoms with Crippen LogP contribution in [0.5, 0.6) is 11.5 Å². The van der Waals surface area contributed by atoms with Crippen LogP contribution >= 0.6 is 0 Å². The third-order valence-electron chi connectivity index (χ3n) is 4.85. The Hall–Kier alpha value is -2.42. The normalized spacial score (nSPS) is 25.2. The van der Waals surface area contributed by atoms with Crippen molar-refractivity contribution in [1.82, 2.24) is 0 Å². The molecule has 0 unspecified atom stereocenters. The molecule has 22 heavy (non-hydrogen) atoms. The van der Waals surface area contributed by atoms with E-state index in [1.807, 2.05) is 18.2 Å². The number of benzene rings is 2. The van der Waals surface area contributed by atoms with E-state index in [4.69, 9.17) is 4.74 Å². The van der Waals surface area contributed by atoms with Gasteiger partial charge in [0.1, 0.15) is 11.5 Å². The number of ether oxygens (including phenoxy) is 1. The number of allylic oxidation sites excluding steroid dienone is 2. The lowest BCUT2D eigenvalue weighted by atomic mass is 9.77. The SMILES string of the molecule is COc1ccc([C@H]2Nc3c(O)cccc3[C@H]3C=CC[C@H]32)cc1. The quantitative estimate of drug-likeness (QED) is 0.643. The summed E-state index contributed by atoms with van der Waals surface area (Å²) in [5, 5.41) is 13.8. The molecule has 1 heterocycles. The number of aromatic hydroxyl groups is 1. The molecule has 0 saturated heterocycles. The highest BCUT2D eigenvalue weighted by atomic mass is 16.5. The fourth-order valence-electron chi connectivity index (χ4n) is 3.75. The summed E-state index contributed by atoms with van der Waals surface area (Å²) >= 11 is 0. The Bertz CT molecular complexity index is 721. The van der Waals surface area contributed by atoms with Crippen molar-refractivity contribution in [3.8, 4) is 11.5 Å². The zero-order chi connectivity index (χ0) is 15.1. The summed E-state index contributed by atoms with van der Waals surface area (Å²) in [6, 6.07) is 14.2. The molecule has 3 nitrogen and oxygen atoms in total. The first-order valence-corrected chi connectivity index (χ1v) is 7.67. The number of methoxy groups -OCH3 is 1. The molecule has 2 aromatic carbocycles. The van der Waals surface area contributed by atoms with Crippen LogP contribution < -0.4 is 10.1 Å². The maximum atomic E-state index is 10.2. The summed E-state index contributed by atoms with van der Waals surface area (Å²) in [6.07, 6.45) is 5.59. The van der Waals surface area contributed by atoms with E-state index in [2.05, 4.69) is 35.7 Å². The molecule has 2 aromatic rings. The molecular formula is C19H19NO2. The molecule has 1 aliphatic carbocycles. The summed E-state index contributed by atoms with van der Waals surface area (Å²) in [6.45, 7) is 0. The van der Waals surface area contributed by atoms with Crippen molar-refractivity contribution >= 4 is 5.69 Å². The second-order valence-electron chi connectivity index (χ2n) is 5.99. The van der Waals surface area contributed by atoms with Gasteiger partial charge in [-0.15, -0.1) is 0 Å². The lowest BCUT2D eigenvalue weighted by Gasteiger charge is -2.37. The van der Waals surface area contributed by atoms with Crippen LogP contribution in [0.2, 0.25) is 0 Å². The largest absolute Gasteiger partial charge is 0.506 e. The topological polar surface area (TPSA) is 41.5 Å². The summed E-state index contributed by atoms with van der Waals surface area (Å²) in [7, 11) is 1.68. The van der Waals surface area contributed by atoms with E-state index < -0.39 is 0 Å². The first-order valence-electron chi connectivity index (χ1n) is 7.67. The number of fused-ring (bicyclic) bond motifs is 3. The molecule has 0 amide bonds. The van der Waals surface area contributed by atoms with Crippen LogP contribution in [0.1, 0.15) is 29.5 Å². The molecule has 0 fully saturated rings. The Morgan fingerprint density at radius 1 is 1.14 bits per heavy atom. The Balaban J connectivity index is 1.76. The number of rotatable bonds is 2. The lowest BCUT2D eigenvalue weighted by Crippen LogP contribution is -2.29. The molecule has 2 aliphatic rings. The second kappa shape index (κ2) is 5.09. The zero-order valence-electron chi connectivity index (χ0n) is 12.5. The number of nitrogens with one attached hydrogen (secondary N) is 1. The van der Waals surface area contributed by atoms with Gasteiger partial charge in [0.05, 0.1) is 18.8 Å². The van der Waals surface area contributed by atoms with E-state index in [9.17, 15) is 5.11 Å². The van der Waals surface area contributed by atoms with E-state index in [0.29, 0.717) is 17.6 Å². The van der Waals surface area contributed by atoms with Crippen molar-refractivity contribution in [3.63, 3.8) is 0 Å². The molecule has 112 valence electrons. The summed E-state index contributed by atoms with van der Waals surface area (Å²) < 4.78 is 5.25. The van der Waals surface area contributed by atoms with Gasteiger partial charge < -0.3 is 15.2 Å². The van der Waals surface area contributed by atoms with Crippen molar-refractivity contribution in [1.29, 1.82) is 0 Å². The number of para-hydroxylation sites is 1. The lowest BCUT2D eigenvalue weighted by molar-refractivity contribution is 0.408. The van der Waals surface area contributed by atoms with Crippen LogP contribution in [0.15, 0.2) is 54.6 Å². The fraction of sp³-hybridized carbons (Fsp3) is 0.263.